The highest BCUT2D eigenvalue weighted by Crippen LogP contribution is 2.03. The normalized spacial score (nSPS) is 9.88. The van der Waals surface area contributed by atoms with E-state index in [-0.39, 0.29) is 25.7 Å². The molecule has 94 valence electrons. The predicted octanol–water partition coefficient (Wildman–Crippen LogP) is 0.0978. The zero-order valence-corrected chi connectivity index (χ0v) is 9.64. The number of rotatable bonds is 8. The Bertz CT molecular complexity index is 356. The molecule has 0 aromatic carbocycles. The number of aromatic nitrogens is 1. The lowest BCUT2D eigenvalue weighted by atomic mass is 10.5. The van der Waals surface area contributed by atoms with Gasteiger partial charge in [0.05, 0.1) is 24.9 Å². The van der Waals surface area contributed by atoms with Crippen LogP contribution in [0.25, 0.3) is 0 Å². The van der Waals surface area contributed by atoms with Gasteiger partial charge in [0.15, 0.2) is 0 Å². The molecule has 1 amide bonds. The first kappa shape index (κ1) is 13.3. The second-order valence-corrected chi connectivity index (χ2v) is 3.68. The van der Waals surface area contributed by atoms with Crippen molar-refractivity contribution >= 4 is 17.2 Å². The molecule has 0 atom stereocenters. The van der Waals surface area contributed by atoms with Crippen molar-refractivity contribution in [3.05, 3.63) is 26.7 Å². The largest absolute Gasteiger partial charge is 0.378 e. The maximum atomic E-state index is 11.4. The van der Waals surface area contributed by atoms with Crippen LogP contribution >= 0.6 is 11.3 Å². The number of carbonyl (C=O) groups is 1. The van der Waals surface area contributed by atoms with Crippen molar-refractivity contribution in [3.8, 4) is 0 Å². The van der Waals surface area contributed by atoms with Crippen LogP contribution in [-0.2, 0) is 9.57 Å². The van der Waals surface area contributed by atoms with Crippen LogP contribution in [-0.4, -0.2) is 42.3 Å². The molecule has 9 heteroatoms. The fourth-order valence-electron chi connectivity index (χ4n) is 0.925. The number of ether oxygens (including phenoxy) is 1. The number of thiazole rings is 1. The van der Waals surface area contributed by atoms with E-state index in [4.69, 9.17) is 4.74 Å². The number of nitrogens with zero attached hydrogens (tertiary/aromatic N) is 2. The lowest BCUT2D eigenvalue weighted by Gasteiger charge is -2.04. The Labute approximate surface area is 101 Å². The highest BCUT2D eigenvalue weighted by Gasteiger charge is 2.05. The van der Waals surface area contributed by atoms with Gasteiger partial charge >= 0.3 is 0 Å². The van der Waals surface area contributed by atoms with Crippen LogP contribution < -0.4 is 5.32 Å². The van der Waals surface area contributed by atoms with E-state index in [1.807, 2.05) is 0 Å². The predicted molar refractivity (Wildman–Crippen MR) is 58.2 cm³/mol. The number of amides is 1. The molecule has 0 saturated heterocycles. The molecule has 0 aliphatic carbocycles. The van der Waals surface area contributed by atoms with Crippen LogP contribution in [0, 0.1) is 10.1 Å². The maximum Gasteiger partial charge on any atom is 0.294 e. The monoisotopic (exact) mass is 261 g/mol. The lowest BCUT2D eigenvalue weighted by Crippen LogP contribution is -2.27. The molecule has 1 heterocycles. The Morgan fingerprint density at radius 1 is 1.53 bits per heavy atom. The van der Waals surface area contributed by atoms with Gasteiger partial charge in [-0.25, -0.2) is 0 Å². The summed E-state index contributed by atoms with van der Waals surface area (Å²) in [4.78, 5) is 29.5. The molecule has 0 aliphatic heterocycles. The Morgan fingerprint density at radius 3 is 3.00 bits per heavy atom. The number of nitrogens with one attached hydrogen (secondary N) is 1. The summed E-state index contributed by atoms with van der Waals surface area (Å²) in [5, 5.41) is 11.5. The summed E-state index contributed by atoms with van der Waals surface area (Å²) in [6.45, 7) is 0.591. The molecule has 0 bridgehead atoms. The van der Waals surface area contributed by atoms with Gasteiger partial charge in [-0.3, -0.25) is 9.78 Å². The van der Waals surface area contributed by atoms with E-state index in [9.17, 15) is 14.9 Å². The molecule has 1 rings (SSSR count). The summed E-state index contributed by atoms with van der Waals surface area (Å²) >= 11 is 1.25. The number of hydrogen-bond donors (Lipinski definition) is 1. The van der Waals surface area contributed by atoms with Crippen LogP contribution in [0.5, 0.6) is 0 Å². The van der Waals surface area contributed by atoms with E-state index in [1.54, 1.807) is 5.51 Å². The van der Waals surface area contributed by atoms with E-state index >= 15 is 0 Å². The van der Waals surface area contributed by atoms with Crippen LogP contribution in [0.15, 0.2) is 11.7 Å². The minimum atomic E-state index is -0.880. The lowest BCUT2D eigenvalue weighted by molar-refractivity contribution is -0.758. The fraction of sp³-hybridized carbons (Fsp3) is 0.500. The van der Waals surface area contributed by atoms with E-state index in [0.29, 0.717) is 11.4 Å². The second-order valence-electron chi connectivity index (χ2n) is 2.79. The van der Waals surface area contributed by atoms with Crippen molar-refractivity contribution in [3.63, 3.8) is 0 Å². The zero-order valence-electron chi connectivity index (χ0n) is 8.83. The van der Waals surface area contributed by atoms with Crippen molar-refractivity contribution in [2.45, 2.75) is 0 Å². The van der Waals surface area contributed by atoms with Gasteiger partial charge in [0.2, 0.25) is 0 Å². The average Bonchev–Trinajstić information content (AvgIpc) is 2.80. The Morgan fingerprint density at radius 2 is 2.35 bits per heavy atom. The van der Waals surface area contributed by atoms with Gasteiger partial charge in [0, 0.05) is 6.54 Å². The smallest absolute Gasteiger partial charge is 0.294 e. The van der Waals surface area contributed by atoms with Crippen molar-refractivity contribution in [1.29, 1.82) is 0 Å². The third-order valence-corrected chi connectivity index (χ3v) is 2.38. The third-order valence-electron chi connectivity index (χ3n) is 1.61. The van der Waals surface area contributed by atoms with E-state index < -0.39 is 5.09 Å². The van der Waals surface area contributed by atoms with Gasteiger partial charge in [-0.15, -0.1) is 21.5 Å². The van der Waals surface area contributed by atoms with Crippen molar-refractivity contribution < 1.29 is 19.5 Å². The van der Waals surface area contributed by atoms with E-state index in [0.717, 1.165) is 0 Å². The fourth-order valence-corrected chi connectivity index (χ4v) is 1.46. The molecule has 0 radical (unpaired) electrons. The SMILES string of the molecule is O=C(NCCOCCO[N+](=O)[O-])c1cncs1. The van der Waals surface area contributed by atoms with Crippen molar-refractivity contribution in [2.24, 2.45) is 0 Å². The average molecular weight is 261 g/mol. The second kappa shape index (κ2) is 7.52. The molecule has 1 aromatic heterocycles. The summed E-state index contributed by atoms with van der Waals surface area (Å²) in [5.41, 5.74) is 1.57. The van der Waals surface area contributed by atoms with Crippen molar-refractivity contribution in [2.75, 3.05) is 26.4 Å². The number of carbonyl (C=O) groups excluding carboxylic acids is 1. The molecule has 0 unspecified atom stereocenters. The zero-order chi connectivity index (χ0) is 12.5. The molecule has 0 fully saturated rings. The first-order valence-corrected chi connectivity index (χ1v) is 5.60. The van der Waals surface area contributed by atoms with Gasteiger partial charge < -0.3 is 14.9 Å². The van der Waals surface area contributed by atoms with Gasteiger partial charge in [0.1, 0.15) is 11.5 Å². The van der Waals surface area contributed by atoms with Crippen LogP contribution in [0.4, 0.5) is 0 Å². The molecule has 0 aliphatic rings. The Kier molecular flexibility index (Phi) is 5.89. The highest BCUT2D eigenvalue weighted by molar-refractivity contribution is 7.11. The van der Waals surface area contributed by atoms with Gasteiger partial charge in [0.25, 0.3) is 11.0 Å². The Hall–Kier alpha value is -1.74. The van der Waals surface area contributed by atoms with Crippen LogP contribution in [0.2, 0.25) is 0 Å². The first-order chi connectivity index (χ1) is 8.20. The third kappa shape index (κ3) is 5.78. The summed E-state index contributed by atoms with van der Waals surface area (Å²) < 4.78 is 5.00. The molecule has 17 heavy (non-hydrogen) atoms. The molecule has 0 spiro atoms. The van der Waals surface area contributed by atoms with E-state index in [2.05, 4.69) is 15.1 Å². The van der Waals surface area contributed by atoms with Crippen LogP contribution in [0.1, 0.15) is 9.67 Å². The summed E-state index contributed by atoms with van der Waals surface area (Å²) in [6, 6.07) is 0. The topological polar surface area (TPSA) is 104 Å². The molecule has 1 N–H and O–H groups in total. The van der Waals surface area contributed by atoms with E-state index in [1.165, 1.54) is 17.5 Å². The standard InChI is InChI=1S/C8H11N3O5S/c12-8(7-5-9-6-17-7)10-1-2-15-3-4-16-11(13)14/h5-6H,1-4H2,(H,10,12). The molecule has 8 nitrogen and oxygen atoms in total. The quantitative estimate of drug-likeness (QED) is 0.404. The minimum Gasteiger partial charge on any atom is -0.378 e. The molecular weight excluding hydrogens is 250 g/mol. The van der Waals surface area contributed by atoms with Gasteiger partial charge in [-0.05, 0) is 0 Å². The van der Waals surface area contributed by atoms with Crippen LogP contribution in [0.3, 0.4) is 0 Å². The molecular formula is C8H11N3O5S. The summed E-state index contributed by atoms with van der Waals surface area (Å²) in [7, 11) is 0. The maximum absolute atomic E-state index is 11.4. The van der Waals surface area contributed by atoms with Crippen molar-refractivity contribution in [1.82, 2.24) is 10.3 Å². The Balaban J connectivity index is 1.97. The van der Waals surface area contributed by atoms with Gasteiger partial charge in [-0.1, -0.05) is 0 Å². The molecule has 1 aromatic rings. The molecule has 0 saturated carbocycles. The van der Waals surface area contributed by atoms with Gasteiger partial charge in [-0.2, -0.15) is 0 Å². The number of hydrogen-bond acceptors (Lipinski definition) is 7. The summed E-state index contributed by atoms with van der Waals surface area (Å²) in [6.07, 6.45) is 1.48. The minimum absolute atomic E-state index is 0.109. The summed E-state index contributed by atoms with van der Waals surface area (Å²) in [5.74, 6) is -0.211. The highest BCUT2D eigenvalue weighted by atomic mass is 32.1. The first-order valence-electron chi connectivity index (χ1n) is 4.72.